The van der Waals surface area contributed by atoms with Crippen LogP contribution in [0.1, 0.15) is 11.1 Å². The molecule has 3 rings (SSSR count). The van der Waals surface area contributed by atoms with E-state index in [-0.39, 0.29) is 12.5 Å². The van der Waals surface area contributed by atoms with Gasteiger partial charge in [0.1, 0.15) is 18.9 Å². The van der Waals surface area contributed by atoms with Crippen molar-refractivity contribution in [2.24, 2.45) is 0 Å². The SMILES string of the molecule is Cc1cccc(C)c1OCCNC(=O)Cn1c(-c2cccs2)n[nH]c1=S. The van der Waals surface area contributed by atoms with Crippen LogP contribution in [-0.2, 0) is 11.3 Å². The van der Waals surface area contributed by atoms with Gasteiger partial charge < -0.3 is 10.1 Å². The zero-order valence-corrected chi connectivity index (χ0v) is 16.2. The lowest BCUT2D eigenvalue weighted by Gasteiger charge is -2.12. The number of amides is 1. The normalized spacial score (nSPS) is 10.7. The lowest BCUT2D eigenvalue weighted by Crippen LogP contribution is -2.31. The summed E-state index contributed by atoms with van der Waals surface area (Å²) >= 11 is 6.79. The van der Waals surface area contributed by atoms with E-state index in [1.54, 1.807) is 15.9 Å². The molecule has 0 aliphatic carbocycles. The van der Waals surface area contributed by atoms with Gasteiger partial charge in [-0.25, -0.2) is 0 Å². The topological polar surface area (TPSA) is 71.9 Å². The number of nitrogens with zero attached hydrogens (tertiary/aromatic N) is 2. The molecule has 0 atom stereocenters. The van der Waals surface area contributed by atoms with Crippen LogP contribution in [0.15, 0.2) is 35.7 Å². The number of aromatic nitrogens is 3. The van der Waals surface area contributed by atoms with Gasteiger partial charge in [-0.3, -0.25) is 14.5 Å². The van der Waals surface area contributed by atoms with Crippen LogP contribution in [-0.4, -0.2) is 33.8 Å². The number of hydrogen-bond acceptors (Lipinski definition) is 5. The van der Waals surface area contributed by atoms with Crippen LogP contribution >= 0.6 is 23.6 Å². The van der Waals surface area contributed by atoms with Crippen LogP contribution in [0.25, 0.3) is 10.7 Å². The van der Waals surface area contributed by atoms with Crippen LogP contribution in [0.5, 0.6) is 5.75 Å². The van der Waals surface area contributed by atoms with Gasteiger partial charge in [0.2, 0.25) is 5.91 Å². The molecule has 2 heterocycles. The molecule has 0 spiro atoms. The Balaban J connectivity index is 1.54. The summed E-state index contributed by atoms with van der Waals surface area (Å²) in [6.07, 6.45) is 0. The standard InChI is InChI=1S/C18H20N4O2S2/c1-12-5-3-6-13(2)16(12)24-9-8-19-15(23)11-22-17(20-21-18(22)25)14-7-4-10-26-14/h3-7,10H,8-9,11H2,1-2H3,(H,19,23)(H,21,25). The molecule has 3 aromatic rings. The minimum Gasteiger partial charge on any atom is -0.491 e. The number of benzene rings is 1. The number of ether oxygens (including phenoxy) is 1. The Hall–Kier alpha value is -2.45. The summed E-state index contributed by atoms with van der Waals surface area (Å²) in [6, 6.07) is 9.90. The molecule has 26 heavy (non-hydrogen) atoms. The molecule has 0 radical (unpaired) electrons. The summed E-state index contributed by atoms with van der Waals surface area (Å²) in [5, 5.41) is 11.8. The van der Waals surface area contributed by atoms with Crippen LogP contribution < -0.4 is 10.1 Å². The van der Waals surface area contributed by atoms with Crippen LogP contribution in [0.2, 0.25) is 0 Å². The number of aromatic amines is 1. The Kier molecular flexibility index (Phi) is 5.85. The number of hydrogen-bond donors (Lipinski definition) is 2. The monoisotopic (exact) mass is 388 g/mol. The Bertz CT molecular complexity index is 924. The molecule has 0 saturated heterocycles. The first-order chi connectivity index (χ1) is 12.6. The number of H-pyrrole nitrogens is 1. The zero-order chi connectivity index (χ0) is 18.5. The Morgan fingerprint density at radius 2 is 2.08 bits per heavy atom. The van der Waals surface area contributed by atoms with Gasteiger partial charge in [0.25, 0.3) is 0 Å². The van der Waals surface area contributed by atoms with E-state index in [2.05, 4.69) is 15.5 Å². The summed E-state index contributed by atoms with van der Waals surface area (Å²) in [5.41, 5.74) is 2.17. The first-order valence-corrected chi connectivity index (χ1v) is 9.50. The van der Waals surface area contributed by atoms with E-state index in [4.69, 9.17) is 17.0 Å². The third kappa shape index (κ3) is 4.20. The van der Waals surface area contributed by atoms with Crippen molar-refractivity contribution in [2.45, 2.75) is 20.4 Å². The van der Waals surface area contributed by atoms with Crippen LogP contribution in [0, 0.1) is 18.6 Å². The molecule has 2 aromatic heterocycles. The predicted molar refractivity (Wildman–Crippen MR) is 105 cm³/mol. The van der Waals surface area contributed by atoms with Crippen molar-refractivity contribution >= 4 is 29.5 Å². The molecule has 0 saturated carbocycles. The van der Waals surface area contributed by atoms with Gasteiger partial charge in [0, 0.05) is 0 Å². The minimum absolute atomic E-state index is 0.117. The molecular formula is C18H20N4O2S2. The fraction of sp³-hybridized carbons (Fsp3) is 0.278. The average molecular weight is 389 g/mol. The van der Waals surface area contributed by atoms with Crippen molar-refractivity contribution in [3.05, 3.63) is 51.6 Å². The molecule has 0 unspecified atom stereocenters. The molecule has 0 aliphatic rings. The Labute approximate surface area is 160 Å². The summed E-state index contributed by atoms with van der Waals surface area (Å²) < 4.78 is 7.92. The number of carbonyl (C=O) groups excluding carboxylic acids is 1. The van der Waals surface area contributed by atoms with E-state index in [0.717, 1.165) is 21.8 Å². The fourth-order valence-corrected chi connectivity index (χ4v) is 3.55. The first-order valence-electron chi connectivity index (χ1n) is 8.21. The molecule has 8 heteroatoms. The van der Waals surface area contributed by atoms with Gasteiger partial charge >= 0.3 is 0 Å². The third-order valence-corrected chi connectivity index (χ3v) is 5.06. The fourth-order valence-electron chi connectivity index (χ4n) is 2.63. The third-order valence-electron chi connectivity index (χ3n) is 3.88. The number of nitrogens with one attached hydrogen (secondary N) is 2. The summed E-state index contributed by atoms with van der Waals surface area (Å²) in [6.45, 7) is 4.96. The maximum atomic E-state index is 12.3. The molecule has 136 valence electrons. The number of aryl methyl sites for hydroxylation is 2. The quantitative estimate of drug-likeness (QED) is 0.480. The van der Waals surface area contributed by atoms with Gasteiger partial charge in [0.15, 0.2) is 10.6 Å². The maximum absolute atomic E-state index is 12.3. The summed E-state index contributed by atoms with van der Waals surface area (Å²) in [4.78, 5) is 13.2. The first kappa shape index (κ1) is 18.3. The molecule has 0 fully saturated rings. The molecule has 0 bridgehead atoms. The van der Waals surface area contributed by atoms with E-state index in [1.165, 1.54) is 0 Å². The molecule has 1 amide bonds. The lowest BCUT2D eigenvalue weighted by molar-refractivity contribution is -0.121. The second-order valence-corrected chi connectivity index (χ2v) is 7.17. The Morgan fingerprint density at radius 3 is 2.77 bits per heavy atom. The van der Waals surface area contributed by atoms with E-state index >= 15 is 0 Å². The highest BCUT2D eigenvalue weighted by Crippen LogP contribution is 2.23. The largest absolute Gasteiger partial charge is 0.491 e. The molecule has 6 nitrogen and oxygen atoms in total. The molecular weight excluding hydrogens is 368 g/mol. The minimum atomic E-state index is -0.134. The van der Waals surface area contributed by atoms with Crippen LogP contribution in [0.4, 0.5) is 0 Å². The van der Waals surface area contributed by atoms with Gasteiger partial charge in [0.05, 0.1) is 11.4 Å². The van der Waals surface area contributed by atoms with Crippen molar-refractivity contribution in [2.75, 3.05) is 13.2 Å². The van der Waals surface area contributed by atoms with Gasteiger partial charge in [-0.2, -0.15) is 5.10 Å². The highest BCUT2D eigenvalue weighted by atomic mass is 32.1. The zero-order valence-electron chi connectivity index (χ0n) is 14.6. The second kappa shape index (κ2) is 8.29. The number of rotatable bonds is 7. The predicted octanol–water partition coefficient (Wildman–Crippen LogP) is 3.48. The van der Waals surface area contributed by atoms with Gasteiger partial charge in [-0.15, -0.1) is 11.3 Å². The average Bonchev–Trinajstić information content (AvgIpc) is 3.24. The Morgan fingerprint density at radius 1 is 1.31 bits per heavy atom. The van der Waals surface area contributed by atoms with Crippen LogP contribution in [0.3, 0.4) is 0 Å². The summed E-state index contributed by atoms with van der Waals surface area (Å²) in [5.74, 6) is 1.41. The number of thiophene rings is 1. The maximum Gasteiger partial charge on any atom is 0.240 e. The second-order valence-electron chi connectivity index (χ2n) is 5.84. The smallest absolute Gasteiger partial charge is 0.240 e. The highest BCUT2D eigenvalue weighted by Gasteiger charge is 2.13. The van der Waals surface area contributed by atoms with E-state index in [0.29, 0.717) is 23.7 Å². The number of para-hydroxylation sites is 1. The highest BCUT2D eigenvalue weighted by molar-refractivity contribution is 7.71. The van der Waals surface area contributed by atoms with Gasteiger partial charge in [-0.05, 0) is 48.6 Å². The van der Waals surface area contributed by atoms with E-state index in [9.17, 15) is 4.79 Å². The van der Waals surface area contributed by atoms with Crippen molar-refractivity contribution < 1.29 is 9.53 Å². The van der Waals surface area contributed by atoms with E-state index in [1.807, 2.05) is 49.6 Å². The van der Waals surface area contributed by atoms with Crippen molar-refractivity contribution in [3.63, 3.8) is 0 Å². The van der Waals surface area contributed by atoms with Crippen molar-refractivity contribution in [1.82, 2.24) is 20.1 Å². The molecule has 1 aromatic carbocycles. The molecule has 0 aliphatic heterocycles. The number of carbonyl (C=O) groups is 1. The van der Waals surface area contributed by atoms with E-state index < -0.39 is 0 Å². The summed E-state index contributed by atoms with van der Waals surface area (Å²) in [7, 11) is 0. The van der Waals surface area contributed by atoms with Crippen molar-refractivity contribution in [1.29, 1.82) is 0 Å². The molecule has 2 N–H and O–H groups in total. The van der Waals surface area contributed by atoms with Crippen molar-refractivity contribution in [3.8, 4) is 16.5 Å². The van der Waals surface area contributed by atoms with Gasteiger partial charge in [-0.1, -0.05) is 24.3 Å². The lowest BCUT2D eigenvalue weighted by atomic mass is 10.1.